The number of rotatable bonds is 5. The summed E-state index contributed by atoms with van der Waals surface area (Å²) in [6.07, 6.45) is 6.09. The topological polar surface area (TPSA) is 104 Å². The van der Waals surface area contributed by atoms with Crippen LogP contribution in [0.1, 0.15) is 36.2 Å². The third kappa shape index (κ3) is 4.66. The number of aromatic nitrogens is 3. The van der Waals surface area contributed by atoms with Gasteiger partial charge in [-0.05, 0) is 55.7 Å². The van der Waals surface area contributed by atoms with Crippen molar-refractivity contribution in [1.82, 2.24) is 14.5 Å². The number of phenols is 1. The third-order valence-electron chi connectivity index (χ3n) is 7.75. The molecular weight excluding hydrogens is 522 g/mol. The number of hydrogen-bond donors (Lipinski definition) is 2. The van der Waals surface area contributed by atoms with E-state index in [0.29, 0.717) is 52.1 Å². The van der Waals surface area contributed by atoms with Crippen molar-refractivity contribution in [2.24, 2.45) is 5.73 Å². The zero-order valence-corrected chi connectivity index (χ0v) is 22.6. The molecule has 5 aromatic rings. The number of nitrogens with two attached hydrogens (primary N) is 1. The van der Waals surface area contributed by atoms with E-state index in [1.165, 1.54) is 12.1 Å². The lowest BCUT2D eigenvalue weighted by molar-refractivity contribution is 0.475. The number of aryl methyl sites for hydroxylation is 1. The van der Waals surface area contributed by atoms with E-state index in [1.807, 2.05) is 49.0 Å². The van der Waals surface area contributed by atoms with E-state index in [-0.39, 0.29) is 23.4 Å². The van der Waals surface area contributed by atoms with Gasteiger partial charge in [-0.1, -0.05) is 18.2 Å². The second-order valence-corrected chi connectivity index (χ2v) is 10.6. The first kappa shape index (κ1) is 26.4. The maximum Gasteiger partial charge on any atom is 0.143 e. The van der Waals surface area contributed by atoms with Gasteiger partial charge in [-0.15, -0.1) is 0 Å². The molecule has 1 saturated heterocycles. The van der Waals surface area contributed by atoms with Gasteiger partial charge < -0.3 is 20.3 Å². The molecule has 0 saturated carbocycles. The Labute approximate surface area is 236 Å². The SMILES string of the molecule is Cc1ccc([C@H](C)n2cc(-c3cccc(C#N)c3O)c3c(N4CC[C@H](N)C4)c(-c4cc(F)cc(F)c4)cnc32)nc1. The summed E-state index contributed by atoms with van der Waals surface area (Å²) < 4.78 is 30.9. The van der Waals surface area contributed by atoms with Crippen LogP contribution in [0.3, 0.4) is 0 Å². The highest BCUT2D eigenvalue weighted by atomic mass is 19.1. The largest absolute Gasteiger partial charge is 0.506 e. The molecule has 1 aliphatic rings. The number of fused-ring (bicyclic) bond motifs is 1. The van der Waals surface area contributed by atoms with Gasteiger partial charge in [-0.25, -0.2) is 13.8 Å². The number of nitrogens with zero attached hydrogens (tertiary/aromatic N) is 5. The van der Waals surface area contributed by atoms with Crippen molar-refractivity contribution in [3.8, 4) is 34.1 Å². The monoisotopic (exact) mass is 550 g/mol. The second kappa shape index (κ2) is 10.3. The molecule has 3 N–H and O–H groups in total. The van der Waals surface area contributed by atoms with Gasteiger partial charge >= 0.3 is 0 Å². The Kier molecular flexibility index (Phi) is 6.64. The number of para-hydroxylation sites is 1. The summed E-state index contributed by atoms with van der Waals surface area (Å²) in [6.45, 7) is 5.15. The predicted octanol–water partition coefficient (Wildman–Crippen LogP) is 6.08. The minimum atomic E-state index is -0.694. The molecule has 206 valence electrons. The maximum atomic E-state index is 14.4. The Bertz CT molecular complexity index is 1810. The highest BCUT2D eigenvalue weighted by molar-refractivity contribution is 6.09. The molecule has 0 unspecified atom stereocenters. The standard InChI is InChI=1S/C32H28F2N6O/c1-18-6-7-28(37-14-18)19(2)40-17-27(25-5-3-4-20(13-35)31(25)41)29-30(39-9-8-24(36)16-39)26(15-38-32(29)40)21-10-22(33)12-23(34)11-21/h3-7,10-12,14-15,17,19,24,41H,8-9,16,36H2,1-2H3/t19-,24-/m0/s1. The minimum absolute atomic E-state index is 0.0770. The van der Waals surface area contributed by atoms with E-state index in [4.69, 9.17) is 10.7 Å². The lowest BCUT2D eigenvalue weighted by atomic mass is 9.97. The molecular formula is C32H28F2N6O. The smallest absolute Gasteiger partial charge is 0.143 e. The van der Waals surface area contributed by atoms with Crippen LogP contribution in [0.15, 0.2) is 67.1 Å². The third-order valence-corrected chi connectivity index (χ3v) is 7.75. The fourth-order valence-electron chi connectivity index (χ4n) is 5.66. The van der Waals surface area contributed by atoms with E-state index < -0.39 is 11.6 Å². The molecule has 7 nitrogen and oxygen atoms in total. The number of pyridine rings is 2. The molecule has 0 spiro atoms. The first-order valence-corrected chi connectivity index (χ1v) is 13.4. The summed E-state index contributed by atoms with van der Waals surface area (Å²) >= 11 is 0. The Morgan fingerprint density at radius 3 is 2.49 bits per heavy atom. The Morgan fingerprint density at radius 2 is 1.83 bits per heavy atom. The van der Waals surface area contributed by atoms with Crippen LogP contribution in [0.4, 0.5) is 14.5 Å². The predicted molar refractivity (Wildman–Crippen MR) is 154 cm³/mol. The van der Waals surface area contributed by atoms with Crippen molar-refractivity contribution in [3.05, 3.63) is 95.6 Å². The van der Waals surface area contributed by atoms with Crippen molar-refractivity contribution in [1.29, 1.82) is 5.26 Å². The molecule has 1 fully saturated rings. The molecule has 0 bridgehead atoms. The van der Waals surface area contributed by atoms with Crippen LogP contribution in [0.2, 0.25) is 0 Å². The summed E-state index contributed by atoms with van der Waals surface area (Å²) in [5, 5.41) is 21.5. The fraction of sp³-hybridized carbons (Fsp3) is 0.219. The summed E-state index contributed by atoms with van der Waals surface area (Å²) in [5.41, 5.74) is 11.6. The molecule has 2 aromatic carbocycles. The number of anilines is 1. The van der Waals surface area contributed by atoms with Crippen LogP contribution in [0.25, 0.3) is 33.3 Å². The zero-order chi connectivity index (χ0) is 28.8. The van der Waals surface area contributed by atoms with Crippen molar-refractivity contribution >= 4 is 16.7 Å². The van der Waals surface area contributed by atoms with Crippen molar-refractivity contribution in [2.75, 3.05) is 18.0 Å². The average Bonchev–Trinajstić information content (AvgIpc) is 3.56. The maximum absolute atomic E-state index is 14.4. The van der Waals surface area contributed by atoms with E-state index in [2.05, 4.69) is 9.88 Å². The summed E-state index contributed by atoms with van der Waals surface area (Å²) in [5.74, 6) is -1.54. The van der Waals surface area contributed by atoms with Crippen molar-refractivity contribution < 1.29 is 13.9 Å². The molecule has 0 amide bonds. The van der Waals surface area contributed by atoms with Crippen LogP contribution in [-0.2, 0) is 0 Å². The molecule has 2 atom stereocenters. The summed E-state index contributed by atoms with van der Waals surface area (Å²) in [6, 6.07) is 14.1. The van der Waals surface area contributed by atoms with Crippen LogP contribution in [0.5, 0.6) is 5.75 Å². The van der Waals surface area contributed by atoms with Gasteiger partial charge in [0, 0.05) is 60.5 Å². The Balaban J connectivity index is 1.71. The van der Waals surface area contributed by atoms with Gasteiger partial charge in [0.25, 0.3) is 0 Å². The molecule has 6 rings (SSSR count). The van der Waals surface area contributed by atoms with E-state index in [9.17, 15) is 19.1 Å². The lowest BCUT2D eigenvalue weighted by Crippen LogP contribution is -2.27. The van der Waals surface area contributed by atoms with Crippen LogP contribution in [0, 0.1) is 29.9 Å². The molecule has 4 heterocycles. The van der Waals surface area contributed by atoms with Crippen molar-refractivity contribution in [3.63, 3.8) is 0 Å². The van der Waals surface area contributed by atoms with Gasteiger partial charge in [0.2, 0.25) is 0 Å². The van der Waals surface area contributed by atoms with E-state index >= 15 is 0 Å². The van der Waals surface area contributed by atoms with Gasteiger partial charge in [-0.2, -0.15) is 5.26 Å². The first-order valence-electron chi connectivity index (χ1n) is 13.4. The first-order chi connectivity index (χ1) is 19.7. The zero-order valence-electron chi connectivity index (χ0n) is 22.6. The summed E-state index contributed by atoms with van der Waals surface area (Å²) in [4.78, 5) is 11.6. The summed E-state index contributed by atoms with van der Waals surface area (Å²) in [7, 11) is 0. The van der Waals surface area contributed by atoms with E-state index in [1.54, 1.807) is 24.4 Å². The Morgan fingerprint density at radius 1 is 1.05 bits per heavy atom. The second-order valence-electron chi connectivity index (χ2n) is 10.6. The number of halogens is 2. The fourth-order valence-corrected chi connectivity index (χ4v) is 5.66. The van der Waals surface area contributed by atoms with Crippen LogP contribution >= 0.6 is 0 Å². The number of nitriles is 1. The molecule has 1 aliphatic heterocycles. The number of aromatic hydroxyl groups is 1. The molecule has 3 aromatic heterocycles. The van der Waals surface area contributed by atoms with Crippen molar-refractivity contribution in [2.45, 2.75) is 32.4 Å². The van der Waals surface area contributed by atoms with E-state index in [0.717, 1.165) is 23.7 Å². The highest BCUT2D eigenvalue weighted by Crippen LogP contribution is 2.46. The average molecular weight is 551 g/mol. The van der Waals surface area contributed by atoms with Crippen LogP contribution in [-0.4, -0.2) is 38.8 Å². The van der Waals surface area contributed by atoms with Gasteiger partial charge in [0.1, 0.15) is 29.1 Å². The molecule has 41 heavy (non-hydrogen) atoms. The number of phenolic OH excluding ortho intramolecular Hbond substituents is 1. The number of benzene rings is 2. The lowest BCUT2D eigenvalue weighted by Gasteiger charge is -2.24. The number of hydrogen-bond acceptors (Lipinski definition) is 6. The molecule has 0 radical (unpaired) electrons. The Hall–Kier alpha value is -4.81. The minimum Gasteiger partial charge on any atom is -0.506 e. The normalized spacial score (nSPS) is 15.8. The van der Waals surface area contributed by atoms with Crippen LogP contribution < -0.4 is 10.6 Å². The van der Waals surface area contributed by atoms with Gasteiger partial charge in [0.05, 0.1) is 28.4 Å². The quantitative estimate of drug-likeness (QED) is 0.275. The van der Waals surface area contributed by atoms with Gasteiger partial charge in [-0.3, -0.25) is 4.98 Å². The highest BCUT2D eigenvalue weighted by Gasteiger charge is 2.30. The van der Waals surface area contributed by atoms with Gasteiger partial charge in [0.15, 0.2) is 0 Å². The molecule has 9 heteroatoms. The molecule has 0 aliphatic carbocycles.